The number of carbonyl (C=O) groups excluding carboxylic acids is 1. The van der Waals surface area contributed by atoms with Crippen LogP contribution in [0.3, 0.4) is 0 Å². The quantitative estimate of drug-likeness (QED) is 0.578. The first-order valence-corrected chi connectivity index (χ1v) is 9.60. The number of pyridine rings is 1. The summed E-state index contributed by atoms with van der Waals surface area (Å²) in [6, 6.07) is 13.0. The number of hydrogen-bond donors (Lipinski definition) is 1. The molecule has 0 amide bonds. The summed E-state index contributed by atoms with van der Waals surface area (Å²) in [5.41, 5.74) is 2.85. The lowest BCUT2D eigenvalue weighted by Gasteiger charge is -2.32. The second-order valence-corrected chi connectivity index (χ2v) is 7.09. The molecule has 1 fully saturated rings. The van der Waals surface area contributed by atoms with Gasteiger partial charge in [0.1, 0.15) is 0 Å². The number of allylic oxidation sites excluding steroid dienone is 1. The third kappa shape index (κ3) is 6.20. The van der Waals surface area contributed by atoms with E-state index in [1.54, 1.807) is 24.3 Å². The molecule has 150 valence electrons. The second-order valence-electron chi connectivity index (χ2n) is 7.09. The largest absolute Gasteiger partial charge is 0.478 e. The second kappa shape index (κ2) is 9.91. The van der Waals surface area contributed by atoms with Gasteiger partial charge in [-0.1, -0.05) is 30.3 Å². The minimum absolute atomic E-state index is 0.0667. The first-order valence-electron chi connectivity index (χ1n) is 9.60. The lowest BCUT2D eigenvalue weighted by molar-refractivity contribution is -0.131. The molecular weight excluding hydrogens is 366 g/mol. The third-order valence-corrected chi connectivity index (χ3v) is 4.87. The van der Waals surface area contributed by atoms with Crippen molar-refractivity contribution in [1.82, 2.24) is 14.8 Å². The summed E-state index contributed by atoms with van der Waals surface area (Å²) < 4.78 is 0. The number of carboxylic acids is 1. The van der Waals surface area contributed by atoms with E-state index in [9.17, 15) is 9.59 Å². The van der Waals surface area contributed by atoms with Gasteiger partial charge in [-0.25, -0.2) is 9.78 Å². The van der Waals surface area contributed by atoms with Crippen molar-refractivity contribution in [2.24, 2.45) is 0 Å². The van der Waals surface area contributed by atoms with Gasteiger partial charge in [0.15, 0.2) is 5.78 Å². The number of aromatic nitrogens is 1. The lowest BCUT2D eigenvalue weighted by atomic mass is 10.0. The maximum atomic E-state index is 12.8. The van der Waals surface area contributed by atoms with Crippen LogP contribution in [0, 0.1) is 0 Å². The Hall–Kier alpha value is -3.09. The van der Waals surface area contributed by atoms with Crippen LogP contribution < -0.4 is 0 Å². The van der Waals surface area contributed by atoms with Crippen LogP contribution in [-0.2, 0) is 11.3 Å². The summed E-state index contributed by atoms with van der Waals surface area (Å²) in [4.78, 5) is 32.5. The van der Waals surface area contributed by atoms with Crippen LogP contribution in [0.15, 0.2) is 54.6 Å². The summed E-state index contributed by atoms with van der Waals surface area (Å²) in [5.74, 6) is -1.09. The Bertz CT molecular complexity index is 928. The molecule has 0 atom stereocenters. The van der Waals surface area contributed by atoms with Crippen molar-refractivity contribution in [3.05, 3.63) is 77.1 Å². The Morgan fingerprint density at radius 3 is 2.31 bits per heavy atom. The number of likely N-dealkylation sites (N-methyl/N-ethyl adjacent to an activating group) is 1. The highest BCUT2D eigenvalue weighted by Crippen LogP contribution is 2.15. The van der Waals surface area contributed by atoms with Gasteiger partial charge in [-0.05, 0) is 43.0 Å². The molecule has 3 rings (SSSR count). The topological polar surface area (TPSA) is 73.7 Å². The van der Waals surface area contributed by atoms with Crippen molar-refractivity contribution in [3.63, 3.8) is 0 Å². The molecule has 0 unspecified atom stereocenters. The van der Waals surface area contributed by atoms with E-state index in [-0.39, 0.29) is 5.78 Å². The number of benzene rings is 1. The Morgan fingerprint density at radius 1 is 0.966 bits per heavy atom. The Labute approximate surface area is 170 Å². The molecule has 0 spiro atoms. The molecule has 6 nitrogen and oxygen atoms in total. The highest BCUT2D eigenvalue weighted by atomic mass is 16.4. The first-order chi connectivity index (χ1) is 14.0. The molecule has 0 aliphatic carbocycles. The Kier molecular flexibility index (Phi) is 7.05. The molecule has 29 heavy (non-hydrogen) atoms. The number of carboxylic acid groups (broad SMARTS) is 1. The highest BCUT2D eigenvalue weighted by Gasteiger charge is 2.16. The van der Waals surface area contributed by atoms with Crippen LogP contribution in [0.4, 0.5) is 0 Å². The molecule has 1 aliphatic heterocycles. The monoisotopic (exact) mass is 391 g/mol. The van der Waals surface area contributed by atoms with E-state index in [4.69, 9.17) is 5.11 Å². The van der Waals surface area contributed by atoms with Crippen molar-refractivity contribution >= 4 is 23.9 Å². The predicted molar refractivity (Wildman–Crippen MR) is 113 cm³/mol. The molecule has 2 heterocycles. The van der Waals surface area contributed by atoms with Crippen LogP contribution >= 0.6 is 0 Å². The fraction of sp³-hybridized carbons (Fsp3) is 0.261. The van der Waals surface area contributed by atoms with Crippen LogP contribution in [-0.4, -0.2) is 64.9 Å². The molecule has 1 saturated heterocycles. The Morgan fingerprint density at radius 2 is 1.62 bits per heavy atom. The zero-order chi connectivity index (χ0) is 20.6. The summed E-state index contributed by atoms with van der Waals surface area (Å²) in [6.45, 7) is 4.82. The smallest absolute Gasteiger partial charge is 0.328 e. The molecular formula is C23H25N3O3. The molecule has 0 bridgehead atoms. The van der Waals surface area contributed by atoms with E-state index >= 15 is 0 Å². The molecule has 0 saturated carbocycles. The Balaban J connectivity index is 1.71. The molecule has 1 aliphatic rings. The number of hydrogen-bond acceptors (Lipinski definition) is 5. The van der Waals surface area contributed by atoms with Crippen LogP contribution in [0.2, 0.25) is 0 Å². The number of carbonyl (C=O) groups is 2. The zero-order valence-electron chi connectivity index (χ0n) is 16.5. The number of rotatable bonds is 7. The van der Waals surface area contributed by atoms with Crippen LogP contribution in [0.5, 0.6) is 0 Å². The number of ketones is 1. The fourth-order valence-corrected chi connectivity index (χ4v) is 3.21. The van der Waals surface area contributed by atoms with E-state index < -0.39 is 5.97 Å². The van der Waals surface area contributed by atoms with Gasteiger partial charge in [0.2, 0.25) is 0 Å². The SMILES string of the molecule is CN1CCN(Cc2ccccc2C(=O)C=Cc2cccc(C=CC(=O)O)n2)CC1. The maximum Gasteiger partial charge on any atom is 0.328 e. The van der Waals surface area contributed by atoms with E-state index in [0.29, 0.717) is 17.0 Å². The van der Waals surface area contributed by atoms with Gasteiger partial charge in [-0.3, -0.25) is 9.69 Å². The van der Waals surface area contributed by atoms with Gasteiger partial charge in [0, 0.05) is 44.4 Å². The van der Waals surface area contributed by atoms with Crippen molar-refractivity contribution in [3.8, 4) is 0 Å². The molecule has 6 heteroatoms. The molecule has 1 N–H and O–H groups in total. The average molecular weight is 391 g/mol. The summed E-state index contributed by atoms with van der Waals surface area (Å²) in [5, 5.41) is 8.72. The van der Waals surface area contributed by atoms with Gasteiger partial charge in [0.05, 0.1) is 11.4 Å². The van der Waals surface area contributed by atoms with Crippen molar-refractivity contribution < 1.29 is 14.7 Å². The van der Waals surface area contributed by atoms with Crippen LogP contribution in [0.1, 0.15) is 27.3 Å². The number of aliphatic carboxylic acids is 1. The van der Waals surface area contributed by atoms with E-state index in [1.807, 2.05) is 24.3 Å². The van der Waals surface area contributed by atoms with Crippen molar-refractivity contribution in [2.75, 3.05) is 33.2 Å². The minimum atomic E-state index is -1.03. The normalized spacial score (nSPS) is 15.9. The summed E-state index contributed by atoms with van der Waals surface area (Å²) in [7, 11) is 2.13. The third-order valence-electron chi connectivity index (χ3n) is 4.87. The van der Waals surface area contributed by atoms with Crippen molar-refractivity contribution in [1.29, 1.82) is 0 Å². The lowest BCUT2D eigenvalue weighted by Crippen LogP contribution is -2.44. The minimum Gasteiger partial charge on any atom is -0.478 e. The molecule has 1 aromatic heterocycles. The van der Waals surface area contributed by atoms with E-state index in [1.165, 1.54) is 12.2 Å². The molecule has 1 aromatic carbocycles. The maximum absolute atomic E-state index is 12.8. The van der Waals surface area contributed by atoms with Crippen molar-refractivity contribution in [2.45, 2.75) is 6.54 Å². The fourth-order valence-electron chi connectivity index (χ4n) is 3.21. The van der Waals surface area contributed by atoms with Gasteiger partial charge in [0.25, 0.3) is 0 Å². The molecule has 2 aromatic rings. The van der Waals surface area contributed by atoms with E-state index in [2.05, 4.69) is 21.8 Å². The van der Waals surface area contributed by atoms with Gasteiger partial charge in [-0.2, -0.15) is 0 Å². The van der Waals surface area contributed by atoms with Gasteiger partial charge >= 0.3 is 5.97 Å². The summed E-state index contributed by atoms with van der Waals surface area (Å²) >= 11 is 0. The predicted octanol–water partition coefficient (Wildman–Crippen LogP) is 2.82. The number of nitrogens with zero attached hydrogens (tertiary/aromatic N) is 3. The number of piperazine rings is 1. The highest BCUT2D eigenvalue weighted by molar-refractivity contribution is 6.07. The standard InChI is InChI=1S/C23H25N3O3/c1-25-13-15-26(16-14-25)17-18-5-2-3-8-21(18)22(27)11-9-19-6-4-7-20(24-19)10-12-23(28)29/h2-12H,13-17H2,1H3,(H,28,29). The summed E-state index contributed by atoms with van der Waals surface area (Å²) in [6.07, 6.45) is 5.64. The van der Waals surface area contributed by atoms with Gasteiger partial charge in [-0.15, -0.1) is 0 Å². The molecule has 0 radical (unpaired) electrons. The van der Waals surface area contributed by atoms with Crippen LogP contribution in [0.25, 0.3) is 12.2 Å². The van der Waals surface area contributed by atoms with Gasteiger partial charge < -0.3 is 10.0 Å². The average Bonchev–Trinajstić information content (AvgIpc) is 2.73. The van der Waals surface area contributed by atoms with E-state index in [0.717, 1.165) is 44.4 Å². The first kappa shape index (κ1) is 20.6. The zero-order valence-corrected chi connectivity index (χ0v) is 16.5.